The maximum Gasteiger partial charge on any atom is 0.410 e. The maximum absolute atomic E-state index is 11.8. The summed E-state index contributed by atoms with van der Waals surface area (Å²) in [6, 6.07) is 0. The van der Waals surface area contributed by atoms with Crippen LogP contribution in [0.3, 0.4) is 0 Å². The summed E-state index contributed by atoms with van der Waals surface area (Å²) in [7, 11) is 0. The molecule has 1 aliphatic carbocycles. The van der Waals surface area contributed by atoms with E-state index in [2.05, 4.69) is 9.97 Å². The molecule has 0 spiro atoms. The Hall–Kier alpha value is -1.52. The van der Waals surface area contributed by atoms with Crippen molar-refractivity contribution in [2.24, 2.45) is 0 Å². The molecule has 1 atom stereocenters. The molecule has 3 rings (SSSR count). The number of hydrogen-bond acceptors (Lipinski definition) is 3. The average Bonchev–Trinajstić information content (AvgIpc) is 2.91. The van der Waals surface area contributed by atoms with Crippen LogP contribution < -0.4 is 0 Å². The minimum absolute atomic E-state index is 0.149. The Morgan fingerprint density at radius 2 is 2.35 bits per heavy atom. The summed E-state index contributed by atoms with van der Waals surface area (Å²) in [6.07, 6.45) is 7.81. The highest BCUT2D eigenvalue weighted by Crippen LogP contribution is 2.27. The Labute approximate surface area is 100 Å². The Morgan fingerprint density at radius 3 is 3.00 bits per heavy atom. The molecule has 1 aromatic heterocycles. The van der Waals surface area contributed by atoms with Crippen molar-refractivity contribution in [3.8, 4) is 0 Å². The quantitative estimate of drug-likeness (QED) is 0.851. The zero-order valence-corrected chi connectivity index (χ0v) is 9.76. The van der Waals surface area contributed by atoms with Crippen LogP contribution in [-0.4, -0.2) is 40.2 Å². The van der Waals surface area contributed by atoms with Crippen LogP contribution in [-0.2, 0) is 4.74 Å². The maximum atomic E-state index is 11.8. The fraction of sp³-hybridized carbons (Fsp3) is 0.667. The number of nitrogens with one attached hydrogen (secondary N) is 1. The molecule has 0 aromatic carbocycles. The Balaban J connectivity index is 1.54. The number of imidazole rings is 1. The van der Waals surface area contributed by atoms with Gasteiger partial charge in [0.25, 0.3) is 0 Å². The van der Waals surface area contributed by atoms with E-state index in [4.69, 9.17) is 4.74 Å². The molecule has 92 valence electrons. The highest BCUT2D eigenvalue weighted by atomic mass is 16.6. The van der Waals surface area contributed by atoms with Gasteiger partial charge in [-0.15, -0.1) is 0 Å². The van der Waals surface area contributed by atoms with Crippen molar-refractivity contribution in [1.82, 2.24) is 14.9 Å². The smallest absolute Gasteiger partial charge is 0.410 e. The van der Waals surface area contributed by atoms with Gasteiger partial charge in [-0.05, 0) is 25.7 Å². The second-order valence-electron chi connectivity index (χ2n) is 4.84. The highest BCUT2D eigenvalue weighted by molar-refractivity contribution is 5.68. The molecule has 1 aliphatic heterocycles. The molecule has 2 fully saturated rings. The third-order valence-electron chi connectivity index (χ3n) is 3.67. The molecular weight excluding hydrogens is 218 g/mol. The van der Waals surface area contributed by atoms with Gasteiger partial charge in [0.2, 0.25) is 0 Å². The zero-order valence-electron chi connectivity index (χ0n) is 9.76. The van der Waals surface area contributed by atoms with E-state index in [0.29, 0.717) is 5.92 Å². The number of H-pyrrole nitrogens is 1. The van der Waals surface area contributed by atoms with Crippen LogP contribution in [0.25, 0.3) is 0 Å². The molecular formula is C12H17N3O2. The van der Waals surface area contributed by atoms with Gasteiger partial charge in [-0.2, -0.15) is 0 Å². The van der Waals surface area contributed by atoms with Crippen LogP contribution >= 0.6 is 0 Å². The normalized spacial score (nSPS) is 24.7. The van der Waals surface area contributed by atoms with E-state index in [1.165, 1.54) is 6.42 Å². The zero-order chi connectivity index (χ0) is 11.7. The summed E-state index contributed by atoms with van der Waals surface area (Å²) in [5, 5.41) is 0. The molecule has 5 heteroatoms. The number of amides is 1. The molecule has 1 aromatic rings. The number of ether oxygens (including phenoxy) is 1. The monoisotopic (exact) mass is 235 g/mol. The van der Waals surface area contributed by atoms with Gasteiger partial charge in [0.15, 0.2) is 0 Å². The first-order chi connectivity index (χ1) is 8.33. The number of likely N-dealkylation sites (tertiary alicyclic amines) is 1. The minimum atomic E-state index is -0.149. The number of carbonyl (C=O) groups excluding carboxylic acids is 1. The first kappa shape index (κ1) is 10.6. The fourth-order valence-corrected chi connectivity index (χ4v) is 2.36. The predicted octanol–water partition coefficient (Wildman–Crippen LogP) is 1.89. The van der Waals surface area contributed by atoms with Crippen LogP contribution in [0.2, 0.25) is 0 Å². The van der Waals surface area contributed by atoms with Crippen molar-refractivity contribution in [2.45, 2.75) is 37.7 Å². The molecule has 2 aliphatic rings. The van der Waals surface area contributed by atoms with Crippen LogP contribution in [0, 0.1) is 0 Å². The molecule has 1 saturated heterocycles. The second-order valence-corrected chi connectivity index (χ2v) is 4.84. The van der Waals surface area contributed by atoms with Gasteiger partial charge < -0.3 is 14.6 Å². The number of carbonyl (C=O) groups is 1. The van der Waals surface area contributed by atoms with E-state index >= 15 is 0 Å². The standard InChI is InChI=1S/C12H17N3O2/c16-12(17-10-2-1-3-10)15-7-4-9(8-15)11-13-5-6-14-11/h5-6,9-10H,1-4,7-8H2,(H,13,14)/t9-/m1/s1. The second kappa shape index (κ2) is 4.39. The number of rotatable bonds is 2. The summed E-state index contributed by atoms with van der Waals surface area (Å²) in [5.74, 6) is 1.31. The van der Waals surface area contributed by atoms with Crippen molar-refractivity contribution in [3.05, 3.63) is 18.2 Å². The number of aromatic nitrogens is 2. The lowest BCUT2D eigenvalue weighted by Gasteiger charge is -2.27. The van der Waals surface area contributed by atoms with Crippen LogP contribution in [0.4, 0.5) is 4.79 Å². The Morgan fingerprint density at radius 1 is 1.47 bits per heavy atom. The van der Waals surface area contributed by atoms with Crippen molar-refractivity contribution in [2.75, 3.05) is 13.1 Å². The lowest BCUT2D eigenvalue weighted by molar-refractivity contribution is 0.0308. The van der Waals surface area contributed by atoms with Crippen molar-refractivity contribution < 1.29 is 9.53 Å². The average molecular weight is 235 g/mol. The summed E-state index contributed by atoms with van der Waals surface area (Å²) in [4.78, 5) is 21.0. The lowest BCUT2D eigenvalue weighted by Crippen LogP contribution is -2.34. The summed E-state index contributed by atoms with van der Waals surface area (Å²) in [5.41, 5.74) is 0. The van der Waals surface area contributed by atoms with Gasteiger partial charge in [-0.25, -0.2) is 9.78 Å². The van der Waals surface area contributed by atoms with E-state index in [1.54, 1.807) is 11.1 Å². The first-order valence-electron chi connectivity index (χ1n) is 6.28. The first-order valence-corrected chi connectivity index (χ1v) is 6.28. The molecule has 17 heavy (non-hydrogen) atoms. The summed E-state index contributed by atoms with van der Waals surface area (Å²) in [6.45, 7) is 1.50. The van der Waals surface area contributed by atoms with Gasteiger partial charge in [0.1, 0.15) is 11.9 Å². The molecule has 0 unspecified atom stereocenters. The van der Waals surface area contributed by atoms with Crippen molar-refractivity contribution >= 4 is 6.09 Å². The Kier molecular flexibility index (Phi) is 2.74. The Bertz CT molecular complexity index is 386. The van der Waals surface area contributed by atoms with Crippen molar-refractivity contribution in [3.63, 3.8) is 0 Å². The van der Waals surface area contributed by atoms with Crippen molar-refractivity contribution in [1.29, 1.82) is 0 Å². The molecule has 0 bridgehead atoms. The van der Waals surface area contributed by atoms with Gasteiger partial charge in [0, 0.05) is 31.4 Å². The lowest BCUT2D eigenvalue weighted by atomic mass is 9.96. The number of hydrogen-bond donors (Lipinski definition) is 1. The van der Waals surface area contributed by atoms with E-state index in [9.17, 15) is 4.79 Å². The molecule has 0 radical (unpaired) electrons. The van der Waals surface area contributed by atoms with Gasteiger partial charge in [-0.1, -0.05) is 0 Å². The molecule has 2 heterocycles. The fourth-order valence-electron chi connectivity index (χ4n) is 2.36. The highest BCUT2D eigenvalue weighted by Gasteiger charge is 2.31. The number of aromatic amines is 1. The van der Waals surface area contributed by atoms with Crippen LogP contribution in [0.1, 0.15) is 37.4 Å². The van der Waals surface area contributed by atoms with Crippen LogP contribution in [0.15, 0.2) is 12.4 Å². The number of nitrogens with zero attached hydrogens (tertiary/aromatic N) is 2. The van der Waals surface area contributed by atoms with E-state index in [1.807, 2.05) is 6.20 Å². The third kappa shape index (κ3) is 2.14. The predicted molar refractivity (Wildman–Crippen MR) is 61.6 cm³/mol. The SMILES string of the molecule is O=C(OC1CCC1)N1CC[C@@H](c2ncc[nH]2)C1. The third-order valence-corrected chi connectivity index (χ3v) is 3.67. The van der Waals surface area contributed by atoms with E-state index < -0.39 is 0 Å². The largest absolute Gasteiger partial charge is 0.446 e. The van der Waals surface area contributed by atoms with E-state index in [0.717, 1.165) is 38.2 Å². The van der Waals surface area contributed by atoms with Gasteiger partial charge >= 0.3 is 6.09 Å². The molecule has 1 saturated carbocycles. The summed E-state index contributed by atoms with van der Waals surface area (Å²) < 4.78 is 5.39. The molecule has 1 N–H and O–H groups in total. The van der Waals surface area contributed by atoms with Crippen LogP contribution in [0.5, 0.6) is 0 Å². The molecule has 5 nitrogen and oxygen atoms in total. The minimum Gasteiger partial charge on any atom is -0.446 e. The van der Waals surface area contributed by atoms with E-state index in [-0.39, 0.29) is 12.2 Å². The van der Waals surface area contributed by atoms with Gasteiger partial charge in [0.05, 0.1) is 0 Å². The topological polar surface area (TPSA) is 58.2 Å². The van der Waals surface area contributed by atoms with Gasteiger partial charge in [-0.3, -0.25) is 0 Å². The molecule has 1 amide bonds. The summed E-state index contributed by atoms with van der Waals surface area (Å²) >= 11 is 0.